The van der Waals surface area contributed by atoms with Gasteiger partial charge in [0.1, 0.15) is 17.0 Å². The third-order valence-corrected chi connectivity index (χ3v) is 5.42. The minimum atomic E-state index is -0.710. The van der Waals surface area contributed by atoms with E-state index in [9.17, 15) is 5.11 Å². The van der Waals surface area contributed by atoms with Gasteiger partial charge in [-0.3, -0.25) is 4.99 Å². The van der Waals surface area contributed by atoms with Crippen LogP contribution in [0.2, 0.25) is 0 Å². The van der Waals surface area contributed by atoms with Crippen molar-refractivity contribution >= 4 is 22.6 Å². The maximum atomic E-state index is 10.7. The normalized spacial score (nSPS) is 16.4. The second-order valence-electron chi connectivity index (χ2n) is 7.28. The molecule has 2 aromatic carbocycles. The summed E-state index contributed by atoms with van der Waals surface area (Å²) in [7, 11) is 0. The predicted octanol–water partition coefficient (Wildman–Crippen LogP) is 1.16. The second kappa shape index (κ2) is 11.6. The van der Waals surface area contributed by atoms with Crippen molar-refractivity contribution in [1.29, 1.82) is 0 Å². The Labute approximate surface area is 230 Å². The van der Waals surface area contributed by atoms with E-state index in [4.69, 9.17) is 11.6 Å². The van der Waals surface area contributed by atoms with E-state index in [1.165, 1.54) is 0 Å². The van der Waals surface area contributed by atoms with Crippen LogP contribution in [0, 0.1) is 0 Å². The van der Waals surface area contributed by atoms with E-state index < -0.39 is 12.1 Å². The van der Waals surface area contributed by atoms with Crippen molar-refractivity contribution in [2.45, 2.75) is 44.8 Å². The molecule has 7 nitrogen and oxygen atoms in total. The number of aromatic nitrogens is 4. The number of nitrogens with one attached hydrogen (secondary N) is 1. The smallest absolute Gasteiger partial charge is 1.00 e. The summed E-state index contributed by atoms with van der Waals surface area (Å²) in [5.74, 6) is 1.29. The van der Waals surface area contributed by atoms with Gasteiger partial charge in [-0.1, -0.05) is 73.5 Å². The topological polar surface area (TPSA) is 99.4 Å². The minimum Gasteiger partial charge on any atom is -1.00 e. The number of aromatic amines is 1. The zero-order valence-corrected chi connectivity index (χ0v) is 21.5. The number of aliphatic hydroxyl groups excluding tert-OH is 1. The molecule has 0 amide bonds. The van der Waals surface area contributed by atoms with Gasteiger partial charge in [-0.15, -0.1) is 10.2 Å². The van der Waals surface area contributed by atoms with Gasteiger partial charge in [-0.05, 0) is 28.3 Å². The van der Waals surface area contributed by atoms with Crippen LogP contribution in [-0.4, -0.2) is 48.9 Å². The van der Waals surface area contributed by atoms with E-state index in [1.54, 1.807) is 0 Å². The molecular weight excluding hydrogens is 439 g/mol. The summed E-state index contributed by atoms with van der Waals surface area (Å²) in [4.78, 5) is 8.83. The van der Waals surface area contributed by atoms with E-state index >= 15 is 0 Å². The van der Waals surface area contributed by atoms with Crippen LogP contribution in [0.3, 0.4) is 0 Å². The Hall–Kier alpha value is -1.26. The van der Waals surface area contributed by atoms with E-state index in [-0.39, 0.29) is 52.8 Å². The van der Waals surface area contributed by atoms with Gasteiger partial charge in [-0.25, -0.2) is 4.99 Å². The van der Waals surface area contributed by atoms with Gasteiger partial charge in [0.15, 0.2) is 0 Å². The molecule has 2 heterocycles. The molecule has 0 fully saturated rings. The van der Waals surface area contributed by atoms with Crippen LogP contribution in [-0.2, 0) is 6.42 Å². The largest absolute Gasteiger partial charge is 1.00 e. The third-order valence-electron chi connectivity index (χ3n) is 5.11. The Kier molecular flexibility index (Phi) is 9.09. The zero-order chi connectivity index (χ0) is 20.9. The van der Waals surface area contributed by atoms with E-state index in [2.05, 4.69) is 37.5 Å². The molecule has 3 aromatic rings. The van der Waals surface area contributed by atoms with Crippen molar-refractivity contribution in [2.24, 2.45) is 9.98 Å². The van der Waals surface area contributed by atoms with Gasteiger partial charge < -0.3 is 6.53 Å². The van der Waals surface area contributed by atoms with Gasteiger partial charge in [0.05, 0.1) is 6.10 Å². The van der Waals surface area contributed by atoms with Gasteiger partial charge in [0.25, 0.3) is 0 Å². The van der Waals surface area contributed by atoms with E-state index in [1.807, 2.05) is 48.5 Å². The molecule has 0 saturated carbocycles. The molecule has 0 radical (unpaired) electrons. The predicted molar refractivity (Wildman–Crippen MR) is 120 cm³/mol. The minimum absolute atomic E-state index is 0. The molecule has 0 aliphatic carbocycles. The summed E-state index contributed by atoms with van der Waals surface area (Å²) in [6.07, 6.45) is 2.62. The van der Waals surface area contributed by atoms with Crippen LogP contribution in [0.1, 0.15) is 33.2 Å². The molecule has 0 bridgehead atoms. The molecule has 4 rings (SSSR count). The van der Waals surface area contributed by atoms with Crippen molar-refractivity contribution in [3.63, 3.8) is 0 Å². The maximum Gasteiger partial charge on any atom is 1.00 e. The van der Waals surface area contributed by atoms with Crippen LogP contribution >= 0.6 is 11.6 Å². The first-order valence-corrected chi connectivity index (χ1v) is 10.4. The van der Waals surface area contributed by atoms with Crippen molar-refractivity contribution < 1.29 is 57.9 Å². The van der Waals surface area contributed by atoms with Crippen molar-refractivity contribution in [1.82, 2.24) is 20.6 Å². The van der Waals surface area contributed by atoms with Crippen LogP contribution < -0.4 is 51.4 Å². The molecule has 0 spiro atoms. The van der Waals surface area contributed by atoms with Crippen molar-refractivity contribution in [3.8, 4) is 22.5 Å². The Morgan fingerprint density at radius 2 is 1.87 bits per heavy atom. The number of unbranched alkanes of at least 4 members (excludes halogenated alkanes) is 1. The molecule has 2 unspecified atom stereocenters. The molecule has 2 atom stereocenters. The summed E-state index contributed by atoms with van der Waals surface area (Å²) in [6, 6.07) is 15.5. The number of amidine groups is 1. The number of H-pyrrole nitrogens is 1. The number of benzene rings is 2. The van der Waals surface area contributed by atoms with Gasteiger partial charge in [-0.2, -0.15) is 5.21 Å². The number of aliphatic imine (C=N–C) groups is 2. The molecule has 156 valence electrons. The van der Waals surface area contributed by atoms with Crippen LogP contribution in [0.15, 0.2) is 58.5 Å². The SMILES string of the molecule is CCCCC1=NC(C(O)Cc2ccc(-c3ccccc3-c3nn[nH]n3)cc2)C(Cl)=N1.[H-].[K+]. The number of hydrogen-bond acceptors (Lipinski definition) is 6. The number of aliphatic hydroxyl groups is 1. The second-order valence-corrected chi connectivity index (χ2v) is 7.66. The summed E-state index contributed by atoms with van der Waals surface area (Å²) in [5.41, 5.74) is 3.96. The Bertz CT molecular complexity index is 1060. The summed E-state index contributed by atoms with van der Waals surface area (Å²) in [5, 5.41) is 25.4. The third kappa shape index (κ3) is 5.95. The standard InChI is InChI=1S/C22H23ClN6O.K.H/c1-2-3-8-19-24-20(21(23)25-19)18(30)13-14-9-11-15(12-10-14)16-6-4-5-7-17(16)22-26-28-29-27-22;;/h4-7,9-12,18,20,30H,2-3,8,13H2,1H3,(H,26,27,28,29);;/q;+1;-1. The van der Waals surface area contributed by atoms with Crippen LogP contribution in [0.25, 0.3) is 22.5 Å². The van der Waals surface area contributed by atoms with E-state index in [0.717, 1.165) is 47.4 Å². The number of hydrogen-bond donors (Lipinski definition) is 2. The molecule has 1 aliphatic heterocycles. The average molecular weight is 463 g/mol. The molecule has 0 saturated heterocycles. The molecule has 1 aliphatic rings. The Morgan fingerprint density at radius 1 is 1.13 bits per heavy atom. The monoisotopic (exact) mass is 462 g/mol. The molecule has 2 N–H and O–H groups in total. The van der Waals surface area contributed by atoms with E-state index in [0.29, 0.717) is 17.4 Å². The van der Waals surface area contributed by atoms with Gasteiger partial charge in [0, 0.05) is 18.4 Å². The first kappa shape index (κ1) is 24.4. The fraction of sp³-hybridized carbons (Fsp3) is 0.318. The number of tetrazole rings is 1. The molecule has 9 heteroatoms. The van der Waals surface area contributed by atoms with Crippen molar-refractivity contribution in [2.75, 3.05) is 0 Å². The van der Waals surface area contributed by atoms with Crippen molar-refractivity contribution in [3.05, 3.63) is 54.1 Å². The number of nitrogens with zero attached hydrogens (tertiary/aromatic N) is 5. The fourth-order valence-electron chi connectivity index (χ4n) is 3.51. The quantitative estimate of drug-likeness (QED) is 0.491. The number of halogens is 1. The van der Waals surface area contributed by atoms with Gasteiger partial charge >= 0.3 is 51.4 Å². The first-order valence-electron chi connectivity index (χ1n) is 10.1. The summed E-state index contributed by atoms with van der Waals surface area (Å²) < 4.78 is 0. The Balaban J connectivity index is 0.00000181. The zero-order valence-electron chi connectivity index (χ0n) is 18.7. The molecular formula is C22H24ClKN6O. The molecule has 31 heavy (non-hydrogen) atoms. The fourth-order valence-corrected chi connectivity index (χ4v) is 3.80. The first-order chi connectivity index (χ1) is 14.7. The summed E-state index contributed by atoms with van der Waals surface area (Å²) in [6.45, 7) is 2.12. The maximum absolute atomic E-state index is 10.7. The molecule has 1 aromatic heterocycles. The van der Waals surface area contributed by atoms with Gasteiger partial charge in [0.2, 0.25) is 5.82 Å². The average Bonchev–Trinajstić information content (AvgIpc) is 3.43. The Morgan fingerprint density at radius 3 is 2.55 bits per heavy atom. The van der Waals surface area contributed by atoms with Crippen LogP contribution in [0.5, 0.6) is 0 Å². The number of rotatable bonds is 8. The van der Waals surface area contributed by atoms with Crippen LogP contribution in [0.4, 0.5) is 0 Å². The summed E-state index contributed by atoms with van der Waals surface area (Å²) >= 11 is 6.24.